The molecule has 0 spiro atoms. The number of para-hydroxylation sites is 1. The van der Waals surface area contributed by atoms with Crippen LogP contribution in [0.5, 0.6) is 0 Å². The molecule has 122 valence electrons. The molecule has 3 N–H and O–H groups in total. The third-order valence-electron chi connectivity index (χ3n) is 2.92. The number of nitrogens with one attached hydrogen (secondary N) is 1. The van der Waals surface area contributed by atoms with Gasteiger partial charge in [0.2, 0.25) is 11.8 Å². The first-order valence-corrected chi connectivity index (χ1v) is 6.67. The fourth-order valence-corrected chi connectivity index (χ4v) is 1.80. The molecule has 1 aromatic rings. The highest BCUT2D eigenvalue weighted by atomic mass is 19.1. The molecule has 0 aliphatic rings. The summed E-state index contributed by atoms with van der Waals surface area (Å²) in [6.07, 6.45) is 0. The maximum atomic E-state index is 13.4. The highest BCUT2D eigenvalue weighted by Crippen LogP contribution is 2.17. The first-order valence-electron chi connectivity index (χ1n) is 6.67. The number of carbonyl (C=O) groups is 2. The van der Waals surface area contributed by atoms with E-state index < -0.39 is 35.2 Å². The van der Waals surface area contributed by atoms with E-state index in [1.54, 1.807) is 6.92 Å². The third kappa shape index (κ3) is 4.74. The van der Waals surface area contributed by atoms with Gasteiger partial charge in [-0.25, -0.2) is 8.78 Å². The number of methoxy groups -OCH3 is 1. The minimum Gasteiger partial charge on any atom is -0.383 e. The summed E-state index contributed by atoms with van der Waals surface area (Å²) in [6.45, 7) is 1.54. The molecule has 1 rings (SSSR count). The molecular formula is C14H19F2N3O3. The minimum atomic E-state index is -0.900. The van der Waals surface area contributed by atoms with Crippen molar-refractivity contribution >= 4 is 17.5 Å². The molecule has 6 nitrogen and oxygen atoms in total. The van der Waals surface area contributed by atoms with Crippen LogP contribution in [0, 0.1) is 11.6 Å². The molecule has 0 heterocycles. The van der Waals surface area contributed by atoms with E-state index >= 15 is 0 Å². The third-order valence-corrected chi connectivity index (χ3v) is 2.92. The number of benzene rings is 1. The van der Waals surface area contributed by atoms with E-state index in [9.17, 15) is 18.4 Å². The lowest BCUT2D eigenvalue weighted by atomic mass is 10.2. The summed E-state index contributed by atoms with van der Waals surface area (Å²) in [5.41, 5.74) is 5.07. The average molecular weight is 315 g/mol. The predicted molar refractivity (Wildman–Crippen MR) is 77.1 cm³/mol. The number of hydrogen-bond donors (Lipinski definition) is 2. The molecule has 0 saturated heterocycles. The number of carbonyl (C=O) groups excluding carboxylic acids is 2. The van der Waals surface area contributed by atoms with Gasteiger partial charge in [-0.2, -0.15) is 0 Å². The molecule has 0 radical (unpaired) electrons. The van der Waals surface area contributed by atoms with Crippen LogP contribution >= 0.6 is 0 Å². The van der Waals surface area contributed by atoms with E-state index in [1.165, 1.54) is 18.1 Å². The van der Waals surface area contributed by atoms with E-state index in [0.29, 0.717) is 0 Å². The van der Waals surface area contributed by atoms with Crippen molar-refractivity contribution in [2.75, 3.05) is 32.1 Å². The van der Waals surface area contributed by atoms with Crippen molar-refractivity contribution in [3.63, 3.8) is 0 Å². The molecule has 8 heteroatoms. The summed E-state index contributed by atoms with van der Waals surface area (Å²) >= 11 is 0. The first-order chi connectivity index (χ1) is 10.4. The summed E-state index contributed by atoms with van der Waals surface area (Å²) in [4.78, 5) is 25.0. The second kappa shape index (κ2) is 8.40. The average Bonchev–Trinajstić information content (AvgIpc) is 2.48. The van der Waals surface area contributed by atoms with Crippen LogP contribution < -0.4 is 11.1 Å². The zero-order valence-electron chi connectivity index (χ0n) is 12.4. The second-order valence-corrected chi connectivity index (χ2v) is 4.56. The van der Waals surface area contributed by atoms with E-state index in [2.05, 4.69) is 5.32 Å². The fraction of sp³-hybridized carbons (Fsp3) is 0.429. The standard InChI is InChI=1S/C14H19F2N3O3/c1-3-19(14(21)11(17)8-22-2)7-12(20)18-13-9(15)5-4-6-10(13)16/h4-6,11H,3,7-8,17H2,1-2H3,(H,18,20). The zero-order chi connectivity index (χ0) is 16.7. The van der Waals surface area contributed by atoms with Gasteiger partial charge in [-0.3, -0.25) is 9.59 Å². The first kappa shape index (κ1) is 18.0. The van der Waals surface area contributed by atoms with E-state index in [0.717, 1.165) is 12.1 Å². The largest absolute Gasteiger partial charge is 0.383 e. The Morgan fingerprint density at radius 3 is 2.45 bits per heavy atom. The second-order valence-electron chi connectivity index (χ2n) is 4.56. The maximum Gasteiger partial charge on any atom is 0.244 e. The normalized spacial score (nSPS) is 11.9. The molecule has 0 aliphatic heterocycles. The summed E-state index contributed by atoms with van der Waals surface area (Å²) in [5, 5.41) is 2.11. The van der Waals surface area contributed by atoms with Crippen molar-refractivity contribution in [1.82, 2.24) is 4.90 Å². The van der Waals surface area contributed by atoms with Crippen LogP contribution in [0.25, 0.3) is 0 Å². The molecule has 0 fully saturated rings. The van der Waals surface area contributed by atoms with Crippen molar-refractivity contribution in [1.29, 1.82) is 0 Å². The van der Waals surface area contributed by atoms with Crippen molar-refractivity contribution in [2.24, 2.45) is 5.73 Å². The number of ether oxygens (including phenoxy) is 1. The lowest BCUT2D eigenvalue weighted by Crippen LogP contribution is -2.48. The summed E-state index contributed by atoms with van der Waals surface area (Å²) in [5.74, 6) is -2.98. The number of likely N-dealkylation sites (N-methyl/N-ethyl adjacent to an activating group) is 1. The maximum absolute atomic E-state index is 13.4. The van der Waals surface area contributed by atoms with Crippen molar-refractivity contribution in [2.45, 2.75) is 13.0 Å². The van der Waals surface area contributed by atoms with Gasteiger partial charge in [-0.1, -0.05) is 6.07 Å². The van der Waals surface area contributed by atoms with Crippen LogP contribution in [0.3, 0.4) is 0 Å². The monoisotopic (exact) mass is 315 g/mol. The highest BCUT2D eigenvalue weighted by Gasteiger charge is 2.22. The van der Waals surface area contributed by atoms with Crippen molar-refractivity contribution in [3.05, 3.63) is 29.8 Å². The van der Waals surface area contributed by atoms with Crippen molar-refractivity contribution < 1.29 is 23.1 Å². The predicted octanol–water partition coefficient (Wildman–Crippen LogP) is 0.726. The zero-order valence-corrected chi connectivity index (χ0v) is 12.4. The molecule has 22 heavy (non-hydrogen) atoms. The lowest BCUT2D eigenvalue weighted by Gasteiger charge is -2.23. The SMILES string of the molecule is CCN(CC(=O)Nc1c(F)cccc1F)C(=O)C(N)COC. The highest BCUT2D eigenvalue weighted by molar-refractivity contribution is 5.95. The molecule has 1 atom stereocenters. The van der Waals surface area contributed by atoms with E-state index in [4.69, 9.17) is 10.5 Å². The lowest BCUT2D eigenvalue weighted by molar-refractivity contribution is -0.136. The van der Waals surface area contributed by atoms with Gasteiger partial charge >= 0.3 is 0 Å². The Kier molecular flexibility index (Phi) is 6.87. The summed E-state index contributed by atoms with van der Waals surface area (Å²) < 4.78 is 31.7. The van der Waals surface area contributed by atoms with Crippen LogP contribution in [0.1, 0.15) is 6.92 Å². The molecule has 0 aromatic heterocycles. The smallest absolute Gasteiger partial charge is 0.244 e. The molecule has 1 unspecified atom stereocenters. The number of amides is 2. The minimum absolute atomic E-state index is 0.0128. The number of halogens is 2. The Morgan fingerprint density at radius 1 is 1.36 bits per heavy atom. The molecule has 1 aromatic carbocycles. The number of nitrogens with zero attached hydrogens (tertiary/aromatic N) is 1. The molecule has 2 amide bonds. The van der Waals surface area contributed by atoms with Gasteiger partial charge in [-0.15, -0.1) is 0 Å². The fourth-order valence-electron chi connectivity index (χ4n) is 1.80. The van der Waals surface area contributed by atoms with Crippen LogP contribution in [0.2, 0.25) is 0 Å². The van der Waals surface area contributed by atoms with Gasteiger partial charge in [0.25, 0.3) is 0 Å². The van der Waals surface area contributed by atoms with Crippen LogP contribution in [-0.4, -0.2) is 49.6 Å². The number of rotatable bonds is 7. The van der Waals surface area contributed by atoms with Gasteiger partial charge in [0, 0.05) is 13.7 Å². The number of nitrogens with two attached hydrogens (primary N) is 1. The Bertz CT molecular complexity index is 520. The quantitative estimate of drug-likeness (QED) is 0.777. The topological polar surface area (TPSA) is 84.7 Å². The van der Waals surface area contributed by atoms with Gasteiger partial charge in [0.05, 0.1) is 13.2 Å². The molecule has 0 aliphatic carbocycles. The van der Waals surface area contributed by atoms with Crippen LogP contribution in [0.4, 0.5) is 14.5 Å². The molecule has 0 bridgehead atoms. The van der Waals surface area contributed by atoms with Crippen LogP contribution in [0.15, 0.2) is 18.2 Å². The summed E-state index contributed by atoms with van der Waals surface area (Å²) in [7, 11) is 1.40. The molecule has 0 saturated carbocycles. The van der Waals surface area contributed by atoms with Gasteiger partial charge in [-0.05, 0) is 19.1 Å². The van der Waals surface area contributed by atoms with Gasteiger partial charge < -0.3 is 20.7 Å². The Labute approximate surface area is 127 Å². The Balaban J connectivity index is 2.71. The van der Waals surface area contributed by atoms with Gasteiger partial charge in [0.1, 0.15) is 23.4 Å². The summed E-state index contributed by atoms with van der Waals surface area (Å²) in [6, 6.07) is 2.33. The number of hydrogen-bond acceptors (Lipinski definition) is 4. The van der Waals surface area contributed by atoms with E-state index in [-0.39, 0.29) is 19.7 Å². The Morgan fingerprint density at radius 2 is 1.95 bits per heavy atom. The van der Waals surface area contributed by atoms with Crippen LogP contribution in [-0.2, 0) is 14.3 Å². The molecular weight excluding hydrogens is 296 g/mol. The van der Waals surface area contributed by atoms with Crippen molar-refractivity contribution in [3.8, 4) is 0 Å². The van der Waals surface area contributed by atoms with Gasteiger partial charge in [0.15, 0.2) is 0 Å². The van der Waals surface area contributed by atoms with E-state index in [1.807, 2.05) is 0 Å². The Hall–Kier alpha value is -2.06. The number of anilines is 1.